The summed E-state index contributed by atoms with van der Waals surface area (Å²) in [6, 6.07) is 8.20. The predicted molar refractivity (Wildman–Crippen MR) is 63.4 cm³/mol. The lowest BCUT2D eigenvalue weighted by Gasteiger charge is -2.26. The molecule has 0 spiro atoms. The monoisotopic (exact) mass is 221 g/mol. The molecule has 2 unspecified atom stereocenters. The van der Waals surface area contributed by atoms with Crippen LogP contribution in [0.3, 0.4) is 0 Å². The van der Waals surface area contributed by atoms with Gasteiger partial charge in [-0.2, -0.15) is 0 Å². The maximum atomic E-state index is 9.47. The number of rotatable bonds is 3. The summed E-state index contributed by atoms with van der Waals surface area (Å²) in [6.45, 7) is 4.36. The van der Waals surface area contributed by atoms with Crippen LogP contribution in [0.5, 0.6) is 0 Å². The molecule has 0 aromatic heterocycles. The maximum absolute atomic E-state index is 9.47. The zero-order valence-corrected chi connectivity index (χ0v) is 9.65. The Labute approximate surface area is 96.4 Å². The van der Waals surface area contributed by atoms with E-state index in [2.05, 4.69) is 17.4 Å². The van der Waals surface area contributed by atoms with E-state index in [1.807, 2.05) is 19.1 Å². The van der Waals surface area contributed by atoms with Crippen molar-refractivity contribution in [2.24, 2.45) is 0 Å². The van der Waals surface area contributed by atoms with Crippen molar-refractivity contribution in [3.63, 3.8) is 0 Å². The van der Waals surface area contributed by atoms with Crippen molar-refractivity contribution in [2.75, 3.05) is 19.7 Å². The standard InChI is InChI=1S/C13H19NO2/c1-10(15)8-11-4-2-3-5-12(11)13-9-14-6-7-16-13/h2-5,10,13-15H,6-9H2,1H3. The van der Waals surface area contributed by atoms with Gasteiger partial charge in [0.25, 0.3) is 0 Å². The van der Waals surface area contributed by atoms with Crippen molar-refractivity contribution in [3.8, 4) is 0 Å². The van der Waals surface area contributed by atoms with Gasteiger partial charge in [0.2, 0.25) is 0 Å². The number of aliphatic hydroxyl groups is 1. The van der Waals surface area contributed by atoms with Crippen LogP contribution in [0.15, 0.2) is 24.3 Å². The highest BCUT2D eigenvalue weighted by molar-refractivity contribution is 5.30. The van der Waals surface area contributed by atoms with Crippen LogP contribution >= 0.6 is 0 Å². The minimum Gasteiger partial charge on any atom is -0.393 e. The number of aliphatic hydroxyl groups excluding tert-OH is 1. The van der Waals surface area contributed by atoms with Crippen molar-refractivity contribution in [1.82, 2.24) is 5.32 Å². The fourth-order valence-corrected chi connectivity index (χ4v) is 2.12. The molecule has 0 bridgehead atoms. The van der Waals surface area contributed by atoms with Gasteiger partial charge < -0.3 is 15.2 Å². The van der Waals surface area contributed by atoms with Crippen LogP contribution in [0.1, 0.15) is 24.2 Å². The van der Waals surface area contributed by atoms with Crippen molar-refractivity contribution >= 4 is 0 Å². The third-order valence-electron chi connectivity index (χ3n) is 2.84. The molecule has 2 atom stereocenters. The Morgan fingerprint density at radius 1 is 1.50 bits per heavy atom. The quantitative estimate of drug-likeness (QED) is 0.807. The minimum atomic E-state index is -0.308. The van der Waals surface area contributed by atoms with E-state index in [4.69, 9.17) is 4.74 Å². The molecular formula is C13H19NO2. The average Bonchev–Trinajstić information content (AvgIpc) is 2.30. The molecule has 1 aliphatic rings. The summed E-state index contributed by atoms with van der Waals surface area (Å²) in [7, 11) is 0. The summed E-state index contributed by atoms with van der Waals surface area (Å²) in [5, 5.41) is 12.8. The molecule has 1 fully saturated rings. The van der Waals surface area contributed by atoms with E-state index in [1.54, 1.807) is 0 Å². The van der Waals surface area contributed by atoms with Gasteiger partial charge in [0.1, 0.15) is 0 Å². The van der Waals surface area contributed by atoms with Crippen LogP contribution in [0.2, 0.25) is 0 Å². The first-order valence-corrected chi connectivity index (χ1v) is 5.85. The minimum absolute atomic E-state index is 0.128. The van der Waals surface area contributed by atoms with Gasteiger partial charge in [-0.25, -0.2) is 0 Å². The Morgan fingerprint density at radius 2 is 2.31 bits per heavy atom. The number of hydrogen-bond donors (Lipinski definition) is 2. The van der Waals surface area contributed by atoms with Crippen molar-refractivity contribution < 1.29 is 9.84 Å². The normalized spacial score (nSPS) is 23.0. The van der Waals surface area contributed by atoms with Crippen LogP contribution in [-0.2, 0) is 11.2 Å². The first-order chi connectivity index (χ1) is 7.77. The molecule has 1 aliphatic heterocycles. The van der Waals surface area contributed by atoms with Crippen molar-refractivity contribution in [2.45, 2.75) is 25.6 Å². The Morgan fingerprint density at radius 3 is 3.00 bits per heavy atom. The van der Waals surface area contributed by atoms with E-state index in [9.17, 15) is 5.11 Å². The zero-order chi connectivity index (χ0) is 11.4. The van der Waals surface area contributed by atoms with Crippen molar-refractivity contribution in [1.29, 1.82) is 0 Å². The molecule has 2 N–H and O–H groups in total. The fourth-order valence-electron chi connectivity index (χ4n) is 2.12. The molecule has 2 rings (SSSR count). The van der Waals surface area contributed by atoms with Gasteiger partial charge in [0.05, 0.1) is 18.8 Å². The number of nitrogens with one attached hydrogen (secondary N) is 1. The summed E-state index contributed by atoms with van der Waals surface area (Å²) in [5.74, 6) is 0. The Bertz CT molecular complexity index is 332. The first kappa shape index (κ1) is 11.6. The number of benzene rings is 1. The third-order valence-corrected chi connectivity index (χ3v) is 2.84. The molecule has 3 nitrogen and oxygen atoms in total. The molecule has 1 aromatic rings. The second-order valence-electron chi connectivity index (χ2n) is 4.32. The summed E-state index contributed by atoms with van der Waals surface area (Å²) in [5.41, 5.74) is 2.39. The number of hydrogen-bond acceptors (Lipinski definition) is 3. The molecule has 3 heteroatoms. The predicted octanol–water partition coefficient (Wildman–Crippen LogP) is 1.27. The van der Waals surface area contributed by atoms with E-state index in [0.29, 0.717) is 6.42 Å². The Hall–Kier alpha value is -0.900. The Kier molecular flexibility index (Phi) is 3.93. The number of morpholine rings is 1. The van der Waals surface area contributed by atoms with E-state index < -0.39 is 0 Å². The van der Waals surface area contributed by atoms with Crippen LogP contribution < -0.4 is 5.32 Å². The lowest BCUT2D eigenvalue weighted by atomic mass is 9.97. The molecule has 0 saturated carbocycles. The van der Waals surface area contributed by atoms with Gasteiger partial charge in [-0.3, -0.25) is 0 Å². The van der Waals surface area contributed by atoms with E-state index in [0.717, 1.165) is 19.7 Å². The molecule has 1 aromatic carbocycles. The smallest absolute Gasteiger partial charge is 0.0952 e. The van der Waals surface area contributed by atoms with Gasteiger partial charge in [0.15, 0.2) is 0 Å². The highest BCUT2D eigenvalue weighted by Gasteiger charge is 2.18. The summed E-state index contributed by atoms with van der Waals surface area (Å²) < 4.78 is 5.74. The average molecular weight is 221 g/mol. The van der Waals surface area contributed by atoms with Crippen LogP contribution in [0, 0.1) is 0 Å². The fraction of sp³-hybridized carbons (Fsp3) is 0.538. The second kappa shape index (κ2) is 5.43. The first-order valence-electron chi connectivity index (χ1n) is 5.85. The van der Waals surface area contributed by atoms with Gasteiger partial charge in [-0.1, -0.05) is 24.3 Å². The second-order valence-corrected chi connectivity index (χ2v) is 4.32. The topological polar surface area (TPSA) is 41.5 Å². The highest BCUT2D eigenvalue weighted by Crippen LogP contribution is 2.23. The van der Waals surface area contributed by atoms with Gasteiger partial charge in [0, 0.05) is 13.1 Å². The maximum Gasteiger partial charge on any atom is 0.0952 e. The zero-order valence-electron chi connectivity index (χ0n) is 9.65. The molecule has 1 saturated heterocycles. The SMILES string of the molecule is CC(O)Cc1ccccc1C1CNCCO1. The summed E-state index contributed by atoms with van der Waals surface area (Å²) in [6.07, 6.45) is 0.511. The molecule has 0 aliphatic carbocycles. The van der Waals surface area contributed by atoms with Crippen LogP contribution in [0.25, 0.3) is 0 Å². The molecule has 88 valence electrons. The van der Waals surface area contributed by atoms with Crippen molar-refractivity contribution in [3.05, 3.63) is 35.4 Å². The lowest BCUT2D eigenvalue weighted by Crippen LogP contribution is -2.33. The Balaban J connectivity index is 2.17. The molecule has 0 radical (unpaired) electrons. The highest BCUT2D eigenvalue weighted by atomic mass is 16.5. The van der Waals surface area contributed by atoms with Crippen LogP contribution in [-0.4, -0.2) is 30.9 Å². The molecule has 0 amide bonds. The summed E-state index contributed by atoms with van der Waals surface area (Å²) >= 11 is 0. The van der Waals surface area contributed by atoms with E-state index in [-0.39, 0.29) is 12.2 Å². The third kappa shape index (κ3) is 2.82. The number of ether oxygens (including phenoxy) is 1. The van der Waals surface area contributed by atoms with Gasteiger partial charge >= 0.3 is 0 Å². The summed E-state index contributed by atoms with van der Waals surface area (Å²) in [4.78, 5) is 0. The van der Waals surface area contributed by atoms with Crippen LogP contribution in [0.4, 0.5) is 0 Å². The van der Waals surface area contributed by atoms with E-state index >= 15 is 0 Å². The van der Waals surface area contributed by atoms with Gasteiger partial charge in [-0.15, -0.1) is 0 Å². The molecule has 16 heavy (non-hydrogen) atoms. The van der Waals surface area contributed by atoms with Gasteiger partial charge in [-0.05, 0) is 24.5 Å². The largest absolute Gasteiger partial charge is 0.393 e. The van der Waals surface area contributed by atoms with E-state index in [1.165, 1.54) is 11.1 Å². The molecular weight excluding hydrogens is 202 g/mol. The molecule has 1 heterocycles. The lowest BCUT2D eigenvalue weighted by molar-refractivity contribution is 0.0269.